The molecule has 0 fully saturated rings. The van der Waals surface area contributed by atoms with Crippen molar-refractivity contribution in [3.05, 3.63) is 64.0 Å². The quantitative estimate of drug-likeness (QED) is 0.392. The van der Waals surface area contributed by atoms with Gasteiger partial charge in [0.15, 0.2) is 0 Å². The van der Waals surface area contributed by atoms with Gasteiger partial charge in [-0.05, 0) is 41.1 Å². The van der Waals surface area contributed by atoms with Crippen LogP contribution in [0.1, 0.15) is 5.56 Å². The third-order valence-corrected chi connectivity index (χ3v) is 4.47. The number of aromatic nitrogens is 4. The second kappa shape index (κ2) is 7.91. The lowest BCUT2D eigenvalue weighted by molar-refractivity contribution is -0.383. The van der Waals surface area contributed by atoms with Crippen molar-refractivity contribution in [2.75, 3.05) is 11.1 Å². The van der Waals surface area contributed by atoms with Gasteiger partial charge in [-0.1, -0.05) is 30.0 Å². The van der Waals surface area contributed by atoms with Gasteiger partial charge in [0.1, 0.15) is 11.5 Å². The molecule has 0 aliphatic rings. The van der Waals surface area contributed by atoms with Gasteiger partial charge in [-0.3, -0.25) is 14.9 Å². The second-order valence-corrected chi connectivity index (χ2v) is 6.36. The molecule has 1 N–H and O–H groups in total. The van der Waals surface area contributed by atoms with E-state index in [1.54, 1.807) is 19.1 Å². The van der Waals surface area contributed by atoms with E-state index in [4.69, 9.17) is 0 Å². The van der Waals surface area contributed by atoms with Gasteiger partial charge in [0.25, 0.3) is 5.69 Å². The molecule has 27 heavy (non-hydrogen) atoms. The van der Waals surface area contributed by atoms with Gasteiger partial charge in [-0.15, -0.1) is 5.10 Å². The maximum absolute atomic E-state index is 13.5. The number of nitro groups is 1. The van der Waals surface area contributed by atoms with Crippen LogP contribution in [0.15, 0.2) is 47.6 Å². The van der Waals surface area contributed by atoms with E-state index >= 15 is 0 Å². The zero-order valence-corrected chi connectivity index (χ0v) is 14.8. The number of hydrogen-bond donors (Lipinski definition) is 1. The Labute approximate surface area is 156 Å². The number of nitro benzene ring substituents is 1. The molecule has 0 spiro atoms. The molecule has 0 saturated carbocycles. The summed E-state index contributed by atoms with van der Waals surface area (Å²) < 4.78 is 14.9. The fraction of sp³-hybridized carbons (Fsp3) is 0.125. The molecule has 1 aromatic heterocycles. The average Bonchev–Trinajstić information content (AvgIpc) is 3.10. The number of carbonyl (C=O) groups is 1. The number of nitrogens with zero attached hydrogens (tertiary/aromatic N) is 5. The number of carbonyl (C=O) groups excluding carboxylic acids is 1. The molecule has 0 aliphatic heterocycles. The molecule has 11 heteroatoms. The molecule has 0 atom stereocenters. The molecule has 0 bridgehead atoms. The molecule has 1 heterocycles. The number of hydrogen-bond acceptors (Lipinski definition) is 7. The van der Waals surface area contributed by atoms with Crippen LogP contribution in [0.5, 0.6) is 0 Å². The summed E-state index contributed by atoms with van der Waals surface area (Å²) in [6.07, 6.45) is 0. The lowest BCUT2D eigenvalue weighted by atomic mass is 10.2. The number of benzene rings is 2. The topological polar surface area (TPSA) is 116 Å². The second-order valence-electron chi connectivity index (χ2n) is 5.42. The molecular formula is C16H13FN6O3S. The molecule has 9 nitrogen and oxygen atoms in total. The van der Waals surface area contributed by atoms with Crippen molar-refractivity contribution in [1.29, 1.82) is 0 Å². The Kier molecular flexibility index (Phi) is 5.41. The standard InChI is InChI=1S/C16H13FN6O3S/c1-10-6-7-11(17)8-14(10)22-16(19-20-21-22)27-9-15(24)18-12-4-2-3-5-13(12)23(25)26/h2-8H,9H2,1H3,(H,18,24). The summed E-state index contributed by atoms with van der Waals surface area (Å²) in [6, 6.07) is 10.1. The van der Waals surface area contributed by atoms with E-state index in [0.717, 1.165) is 17.3 Å². The van der Waals surface area contributed by atoms with Crippen LogP contribution in [0.2, 0.25) is 0 Å². The van der Waals surface area contributed by atoms with Crippen molar-refractivity contribution in [2.45, 2.75) is 12.1 Å². The summed E-state index contributed by atoms with van der Waals surface area (Å²) in [5.74, 6) is -0.975. The molecule has 2 aromatic carbocycles. The number of amides is 1. The third kappa shape index (κ3) is 4.26. The molecule has 0 unspecified atom stereocenters. The van der Waals surface area contributed by atoms with Gasteiger partial charge in [-0.25, -0.2) is 4.39 Å². The Morgan fingerprint density at radius 3 is 2.89 bits per heavy atom. The summed E-state index contributed by atoms with van der Waals surface area (Å²) in [5.41, 5.74) is 1.13. The number of para-hydroxylation sites is 2. The van der Waals surface area contributed by atoms with Gasteiger partial charge in [-0.2, -0.15) is 4.68 Å². The van der Waals surface area contributed by atoms with E-state index in [1.807, 2.05) is 0 Å². The highest BCUT2D eigenvalue weighted by Crippen LogP contribution is 2.25. The van der Waals surface area contributed by atoms with Crippen LogP contribution in [-0.2, 0) is 4.79 Å². The third-order valence-electron chi connectivity index (χ3n) is 3.55. The van der Waals surface area contributed by atoms with Crippen LogP contribution >= 0.6 is 11.8 Å². The predicted octanol–water partition coefficient (Wildman–Crippen LogP) is 2.75. The lowest BCUT2D eigenvalue weighted by Gasteiger charge is -2.08. The van der Waals surface area contributed by atoms with Gasteiger partial charge in [0.2, 0.25) is 11.1 Å². The first-order valence-corrected chi connectivity index (χ1v) is 8.65. The van der Waals surface area contributed by atoms with E-state index in [0.29, 0.717) is 10.8 Å². The van der Waals surface area contributed by atoms with Gasteiger partial charge >= 0.3 is 0 Å². The molecule has 0 radical (unpaired) electrons. The maximum atomic E-state index is 13.5. The Balaban J connectivity index is 1.72. The van der Waals surface area contributed by atoms with Gasteiger partial charge in [0, 0.05) is 6.07 Å². The number of rotatable bonds is 6. The van der Waals surface area contributed by atoms with E-state index in [9.17, 15) is 19.3 Å². The minimum atomic E-state index is -0.573. The predicted molar refractivity (Wildman–Crippen MR) is 96.3 cm³/mol. The van der Waals surface area contributed by atoms with E-state index < -0.39 is 16.6 Å². The fourth-order valence-electron chi connectivity index (χ4n) is 2.29. The van der Waals surface area contributed by atoms with Crippen LogP contribution in [0.3, 0.4) is 0 Å². The van der Waals surface area contributed by atoms with Gasteiger partial charge < -0.3 is 5.32 Å². The first kappa shape index (κ1) is 18.5. The van der Waals surface area contributed by atoms with Crippen molar-refractivity contribution in [2.24, 2.45) is 0 Å². The molecular weight excluding hydrogens is 375 g/mol. The maximum Gasteiger partial charge on any atom is 0.292 e. The number of tetrazole rings is 1. The zero-order chi connectivity index (χ0) is 19.4. The number of thioether (sulfide) groups is 1. The van der Waals surface area contributed by atoms with Crippen LogP contribution in [-0.4, -0.2) is 36.8 Å². The van der Waals surface area contributed by atoms with E-state index in [1.165, 1.54) is 35.0 Å². The monoisotopic (exact) mass is 388 g/mol. The number of halogens is 1. The molecule has 3 aromatic rings. The number of aryl methyl sites for hydroxylation is 1. The number of nitrogens with one attached hydrogen (secondary N) is 1. The SMILES string of the molecule is Cc1ccc(F)cc1-n1nnnc1SCC(=O)Nc1ccccc1[N+](=O)[O-]. The Morgan fingerprint density at radius 1 is 1.33 bits per heavy atom. The molecule has 3 rings (SSSR count). The van der Waals surface area contributed by atoms with Crippen molar-refractivity contribution in [1.82, 2.24) is 20.2 Å². The smallest absolute Gasteiger partial charge is 0.292 e. The fourth-order valence-corrected chi connectivity index (χ4v) is 2.97. The first-order valence-electron chi connectivity index (χ1n) is 7.66. The summed E-state index contributed by atoms with van der Waals surface area (Å²) in [4.78, 5) is 22.6. The Hall–Kier alpha value is -3.34. The largest absolute Gasteiger partial charge is 0.320 e. The molecule has 0 saturated heterocycles. The lowest BCUT2D eigenvalue weighted by Crippen LogP contribution is -2.15. The highest BCUT2D eigenvalue weighted by atomic mass is 32.2. The van der Waals surface area contributed by atoms with Crippen molar-refractivity contribution in [3.8, 4) is 5.69 Å². The minimum absolute atomic E-state index is 0.0826. The molecule has 138 valence electrons. The van der Waals surface area contributed by atoms with Crippen molar-refractivity contribution in [3.63, 3.8) is 0 Å². The zero-order valence-electron chi connectivity index (χ0n) is 14.0. The Bertz CT molecular complexity index is 1010. The normalized spacial score (nSPS) is 10.6. The van der Waals surface area contributed by atoms with E-state index in [-0.39, 0.29) is 17.1 Å². The summed E-state index contributed by atoms with van der Waals surface area (Å²) in [7, 11) is 0. The van der Waals surface area contributed by atoms with E-state index in [2.05, 4.69) is 20.8 Å². The first-order chi connectivity index (χ1) is 13.0. The summed E-state index contributed by atoms with van der Waals surface area (Å²) in [5, 5.41) is 25.0. The average molecular weight is 388 g/mol. The Morgan fingerprint density at radius 2 is 2.11 bits per heavy atom. The molecule has 0 aliphatic carbocycles. The van der Waals surface area contributed by atoms with Crippen molar-refractivity contribution < 1.29 is 14.1 Å². The highest BCUT2D eigenvalue weighted by Gasteiger charge is 2.17. The number of anilines is 1. The van der Waals surface area contributed by atoms with Crippen LogP contribution in [0, 0.1) is 22.9 Å². The molecule has 1 amide bonds. The summed E-state index contributed by atoms with van der Waals surface area (Å²) in [6.45, 7) is 1.78. The van der Waals surface area contributed by atoms with Gasteiger partial charge in [0.05, 0.1) is 16.4 Å². The minimum Gasteiger partial charge on any atom is -0.320 e. The van der Waals surface area contributed by atoms with Crippen LogP contribution in [0.25, 0.3) is 5.69 Å². The highest BCUT2D eigenvalue weighted by molar-refractivity contribution is 7.99. The van der Waals surface area contributed by atoms with Crippen molar-refractivity contribution >= 4 is 29.0 Å². The van der Waals surface area contributed by atoms with Crippen LogP contribution < -0.4 is 5.32 Å². The van der Waals surface area contributed by atoms with Crippen LogP contribution in [0.4, 0.5) is 15.8 Å². The summed E-state index contributed by atoms with van der Waals surface area (Å²) >= 11 is 1.03.